The first-order valence-electron chi connectivity index (χ1n) is 34.8. The molecule has 83 heavy (non-hydrogen) atoms. The molecular formula is C73H124O9S. The van der Waals surface area contributed by atoms with Gasteiger partial charge in [-0.2, -0.15) is 0 Å². The molecule has 0 saturated carbocycles. The van der Waals surface area contributed by atoms with E-state index in [1.165, 1.54) is 167 Å². The smallest absolute Gasteiger partial charge is 0.493 e. The van der Waals surface area contributed by atoms with Crippen LogP contribution in [0.4, 0.5) is 4.79 Å². The summed E-state index contributed by atoms with van der Waals surface area (Å²) in [6.07, 6.45) is 46.8. The molecule has 0 fully saturated rings. The number of carbonyl (C=O) groups is 1. The van der Waals surface area contributed by atoms with E-state index >= 15 is 0 Å². The van der Waals surface area contributed by atoms with Crippen molar-refractivity contribution in [3.8, 4) is 34.5 Å². The predicted octanol–water partition coefficient (Wildman–Crippen LogP) is 24.4. The van der Waals surface area contributed by atoms with Gasteiger partial charge in [-0.15, -0.1) is 0 Å². The van der Waals surface area contributed by atoms with Gasteiger partial charge in [-0.25, -0.2) is 4.79 Å². The fraction of sp³-hybridized carbons (Fsp3) is 0.740. The average Bonchev–Trinajstić information content (AvgIpc) is 2.42. The molecule has 0 atom stereocenters. The van der Waals surface area contributed by atoms with E-state index in [2.05, 4.69) is 41.5 Å². The van der Waals surface area contributed by atoms with E-state index < -0.39 is 16.5 Å². The lowest BCUT2D eigenvalue weighted by atomic mass is 10.1. The topological polar surface area (TPSA) is 102 Å². The lowest BCUT2D eigenvalue weighted by Crippen LogP contribution is -2.18. The normalized spacial score (nSPS) is 11.7. The molecular weight excluding hydrogens is 1050 g/mol. The van der Waals surface area contributed by atoms with Gasteiger partial charge in [0, 0.05) is 39.5 Å². The summed E-state index contributed by atoms with van der Waals surface area (Å²) in [6, 6.07) is 17.8. The van der Waals surface area contributed by atoms with Crippen molar-refractivity contribution >= 4 is 16.5 Å². The van der Waals surface area contributed by atoms with Crippen LogP contribution in [0.3, 0.4) is 0 Å². The van der Waals surface area contributed by atoms with Crippen LogP contribution in [-0.2, 0) is 4.18 Å². The highest BCUT2D eigenvalue weighted by Gasteiger charge is 2.46. The molecule has 1 N–H and O–H groups in total. The summed E-state index contributed by atoms with van der Waals surface area (Å²) >= 11 is 0. The van der Waals surface area contributed by atoms with Gasteiger partial charge in [0.25, 0.3) is 0 Å². The van der Waals surface area contributed by atoms with Crippen molar-refractivity contribution in [2.75, 3.05) is 39.6 Å². The summed E-state index contributed by atoms with van der Waals surface area (Å²) < 4.78 is 48.9. The second-order valence-corrected chi connectivity index (χ2v) is 26.1. The molecule has 0 unspecified atom stereocenters. The van der Waals surface area contributed by atoms with Gasteiger partial charge in [0.15, 0.2) is 0 Å². The number of ether oxygens (including phenoxy) is 6. The van der Waals surface area contributed by atoms with Crippen LogP contribution in [0.25, 0.3) is 0 Å². The molecule has 0 radical (unpaired) electrons. The maximum absolute atomic E-state index is 14.1. The third kappa shape index (κ3) is 31.9. The highest BCUT2D eigenvalue weighted by molar-refractivity contribution is 8.30. The third-order valence-electron chi connectivity index (χ3n) is 15.9. The largest absolute Gasteiger partial charge is 0.517 e. The minimum atomic E-state index is -3.41. The predicted molar refractivity (Wildman–Crippen MR) is 352 cm³/mol. The molecule has 3 rings (SSSR count). The number of rotatable bonds is 58. The molecule has 0 heterocycles. The van der Waals surface area contributed by atoms with E-state index in [4.69, 9.17) is 32.6 Å². The van der Waals surface area contributed by atoms with E-state index in [1.807, 2.05) is 54.6 Å². The van der Waals surface area contributed by atoms with Gasteiger partial charge in [-0.3, -0.25) is 0 Å². The summed E-state index contributed by atoms with van der Waals surface area (Å²) in [6.45, 7) is 16.4. The van der Waals surface area contributed by atoms with Crippen molar-refractivity contribution in [1.82, 2.24) is 0 Å². The van der Waals surface area contributed by atoms with Crippen LogP contribution in [0.1, 0.15) is 311 Å². The van der Waals surface area contributed by atoms with Crippen molar-refractivity contribution in [3.63, 3.8) is 0 Å². The van der Waals surface area contributed by atoms with Crippen molar-refractivity contribution in [3.05, 3.63) is 54.6 Å². The fourth-order valence-corrected chi connectivity index (χ4v) is 14.2. The Morgan fingerprint density at radius 3 is 0.759 bits per heavy atom. The van der Waals surface area contributed by atoms with Gasteiger partial charge >= 0.3 is 6.16 Å². The van der Waals surface area contributed by atoms with Crippen LogP contribution in [0.15, 0.2) is 69.3 Å². The van der Waals surface area contributed by atoms with Gasteiger partial charge in [-0.05, 0) is 50.7 Å². The minimum absolute atomic E-state index is 0.436. The Hall–Kier alpha value is -3.92. The molecule has 3 aromatic rings. The monoisotopic (exact) mass is 1180 g/mol. The number of hydrogen-bond acceptors (Lipinski definition) is 8. The molecule has 0 spiro atoms. The Morgan fingerprint density at radius 1 is 0.313 bits per heavy atom. The van der Waals surface area contributed by atoms with Gasteiger partial charge in [-0.1, -0.05) is 291 Å². The Bertz CT molecular complexity index is 1800. The van der Waals surface area contributed by atoms with Gasteiger partial charge in [0.1, 0.15) is 44.3 Å². The third-order valence-corrected chi connectivity index (χ3v) is 19.2. The summed E-state index contributed by atoms with van der Waals surface area (Å²) in [7, 11) is -3.41. The highest BCUT2D eigenvalue weighted by Crippen LogP contribution is 2.77. The summed E-state index contributed by atoms with van der Waals surface area (Å²) in [5, 5.41) is 11.5. The zero-order valence-electron chi connectivity index (χ0n) is 54.3. The van der Waals surface area contributed by atoms with Crippen LogP contribution in [0.2, 0.25) is 0 Å². The van der Waals surface area contributed by atoms with E-state index in [1.54, 1.807) is 0 Å². The maximum Gasteiger partial charge on any atom is 0.517 e. The van der Waals surface area contributed by atoms with Gasteiger partial charge in [0.2, 0.25) is 0 Å². The second kappa shape index (κ2) is 50.3. The van der Waals surface area contributed by atoms with Crippen molar-refractivity contribution in [2.24, 2.45) is 0 Å². The molecule has 0 aromatic heterocycles. The van der Waals surface area contributed by atoms with Crippen LogP contribution >= 0.6 is 10.3 Å². The molecule has 3 aromatic carbocycles. The van der Waals surface area contributed by atoms with E-state index in [9.17, 15) is 9.90 Å². The quantitative estimate of drug-likeness (QED) is 0.0554. The van der Waals surface area contributed by atoms with Crippen LogP contribution < -0.4 is 28.4 Å². The first-order valence-corrected chi connectivity index (χ1v) is 36.4. The lowest BCUT2D eigenvalue weighted by Gasteiger charge is -2.41. The standard InChI is InChI=1S/C73H124O9S/c1-7-13-19-25-31-37-46-54-76-64-60-67(78-56-48-39-33-27-21-15-9-3)71(68(61-64)79-57-49-40-34-28-22-16-10-4)83(82-73(74)75,66-52-44-43-45-53-66)72-69(80-58-50-41-35-29-23-17-11-5)62-65(77-55-47-38-32-26-20-14-8-2)63-70(72)81-59-51-42-36-30-24-18-12-6/h43-45,52-53,60-63H,7-42,46-51,54-59H2,1-6H3,(H,74,75). The molecule has 476 valence electrons. The molecule has 0 amide bonds. The molecule has 0 aliphatic rings. The van der Waals surface area contributed by atoms with E-state index in [0.29, 0.717) is 88.8 Å². The SMILES string of the molecule is CCCCCCCCCOc1cc(OCCCCCCCCC)c(S(OC(=O)O)(c2ccccc2)c2c(OCCCCCCCCC)cc(OCCCCCCCCC)cc2OCCCCCCCCC)c(OCCCCCCCCC)c1. The molecule has 0 bridgehead atoms. The number of unbranched alkanes of at least 4 members (excludes halogenated alkanes) is 36. The maximum atomic E-state index is 14.1. The Balaban J connectivity index is 2.42. The van der Waals surface area contributed by atoms with Gasteiger partial charge in [0.05, 0.1) is 39.6 Å². The number of hydrogen-bond donors (Lipinski definition) is 1. The molecule has 10 heteroatoms. The van der Waals surface area contributed by atoms with Crippen LogP contribution in [0, 0.1) is 0 Å². The summed E-state index contributed by atoms with van der Waals surface area (Å²) in [4.78, 5) is 15.8. The average molecular weight is 1180 g/mol. The van der Waals surface area contributed by atoms with E-state index in [-0.39, 0.29) is 0 Å². The van der Waals surface area contributed by atoms with Crippen molar-refractivity contribution in [1.29, 1.82) is 0 Å². The molecule has 0 aliphatic heterocycles. The van der Waals surface area contributed by atoms with E-state index in [0.717, 1.165) is 103 Å². The Morgan fingerprint density at radius 2 is 0.530 bits per heavy atom. The van der Waals surface area contributed by atoms with Crippen molar-refractivity contribution in [2.45, 2.75) is 326 Å². The first-order chi connectivity index (χ1) is 40.9. The number of carboxylic acid groups (broad SMARTS) is 1. The van der Waals surface area contributed by atoms with Crippen LogP contribution in [-0.4, -0.2) is 50.9 Å². The van der Waals surface area contributed by atoms with Crippen LogP contribution in [0.5, 0.6) is 34.5 Å². The molecule has 9 nitrogen and oxygen atoms in total. The second-order valence-electron chi connectivity index (χ2n) is 23.5. The summed E-state index contributed by atoms with van der Waals surface area (Å²) in [5.74, 6) is 3.27. The molecule has 0 aliphatic carbocycles. The Labute approximate surface area is 511 Å². The summed E-state index contributed by atoms with van der Waals surface area (Å²) in [5.41, 5.74) is 0. The highest BCUT2D eigenvalue weighted by atomic mass is 32.3. The minimum Gasteiger partial charge on any atom is -0.493 e. The van der Waals surface area contributed by atoms with Crippen molar-refractivity contribution < 1.29 is 42.5 Å². The first kappa shape index (κ1) is 73.3. The zero-order valence-corrected chi connectivity index (χ0v) is 55.1. The number of benzene rings is 3. The van der Waals surface area contributed by atoms with Gasteiger partial charge < -0.3 is 37.7 Å². The Kier molecular flexibility index (Phi) is 44.4. The fourth-order valence-electron chi connectivity index (χ4n) is 10.9. The molecule has 0 saturated heterocycles. The lowest BCUT2D eigenvalue weighted by molar-refractivity contribution is 0.149. The zero-order chi connectivity index (χ0) is 59.5.